The van der Waals surface area contributed by atoms with Crippen molar-refractivity contribution in [3.05, 3.63) is 204 Å². The summed E-state index contributed by atoms with van der Waals surface area (Å²) < 4.78 is 5.22. The van der Waals surface area contributed by atoms with Crippen molar-refractivity contribution in [1.29, 1.82) is 0 Å². The molecule has 11 aromatic rings. The Morgan fingerprint density at radius 3 is 0.940 bits per heavy atom. The molecule has 4 aliphatic carbocycles. The third kappa shape index (κ3) is 8.48. The Balaban J connectivity index is 0.873. The SMILES string of the molecule is Pc1cc2c3c(c1)N(c1ccccc1)c1cc(-n4c5ccc(C6CCCCC6)cc5c5cc(C6CCCCC6)ccc54)ccc1B3c1ccc(-n3c4ccc(C5CCCCC5)cc4c4cc(C5CCCCC5)ccc43)cc1N2c1ccccc1. The summed E-state index contributed by atoms with van der Waals surface area (Å²) in [5.41, 5.74) is 25.0. The third-order valence-electron chi connectivity index (χ3n) is 21.5. The monoisotopic (exact) mass is 1110 g/mol. The van der Waals surface area contributed by atoms with Crippen molar-refractivity contribution in [3.8, 4) is 11.4 Å². The second-order valence-electron chi connectivity index (χ2n) is 26.4. The van der Waals surface area contributed by atoms with Gasteiger partial charge in [0.25, 0.3) is 6.71 Å². The Labute approximate surface area is 499 Å². The maximum Gasteiger partial charge on any atom is 0.252 e. The predicted molar refractivity (Wildman–Crippen MR) is 362 cm³/mol. The van der Waals surface area contributed by atoms with Crippen LogP contribution in [0.4, 0.5) is 34.1 Å². The smallest absolute Gasteiger partial charge is 0.252 e. The van der Waals surface area contributed by atoms with E-state index in [0.717, 1.165) is 0 Å². The number of rotatable bonds is 8. The van der Waals surface area contributed by atoms with Gasteiger partial charge in [-0.25, -0.2) is 0 Å². The standard InChI is InChI=1S/C78H76BN4P/c84-63-49-76-78-77(50-63)81(60-29-17-6-18-30-60)75-48-62(83-72-41-33-57(53-23-11-3-12-24-53)45-66(72)67-46-58(34-42-73(67)83)54-25-13-4-14-26-54)36-38-69(75)79(78)68-37-35-61(47-74(68)80(76)59-27-15-5-16-28-59)82-70-39-31-55(51-19-7-1-8-20-51)43-64(70)65-44-56(32-40-71(65)82)52-21-9-2-10-22-52/h5-6,15-18,27-54H,1-4,7-14,19-26,84H2. The quantitative estimate of drug-likeness (QED) is 0.111. The highest BCUT2D eigenvalue weighted by atomic mass is 31.0. The zero-order chi connectivity index (χ0) is 55.4. The van der Waals surface area contributed by atoms with Crippen LogP contribution in [0, 0.1) is 0 Å². The summed E-state index contributed by atoms with van der Waals surface area (Å²) in [6.45, 7) is -0.0165. The molecule has 17 rings (SSSR count). The largest absolute Gasteiger partial charge is 0.311 e. The molecule has 1 unspecified atom stereocenters. The number of nitrogens with zero attached hydrogens (tertiary/aromatic N) is 4. The fourth-order valence-electron chi connectivity index (χ4n) is 17.4. The van der Waals surface area contributed by atoms with Crippen molar-refractivity contribution in [3.63, 3.8) is 0 Å². The summed E-state index contributed by atoms with van der Waals surface area (Å²) in [6, 6.07) is 72.5. The Hall–Kier alpha value is -7.33. The van der Waals surface area contributed by atoms with E-state index in [0.29, 0.717) is 23.7 Å². The molecule has 1 atom stereocenters. The molecule has 0 radical (unpaired) electrons. The van der Waals surface area contributed by atoms with Crippen LogP contribution in [-0.4, -0.2) is 15.8 Å². The van der Waals surface area contributed by atoms with E-state index in [4.69, 9.17) is 0 Å². The van der Waals surface area contributed by atoms with Crippen LogP contribution in [0.15, 0.2) is 182 Å². The Kier molecular flexibility index (Phi) is 12.8. The van der Waals surface area contributed by atoms with Gasteiger partial charge in [-0.3, -0.25) is 0 Å². The third-order valence-corrected chi connectivity index (χ3v) is 21.9. The lowest BCUT2D eigenvalue weighted by Crippen LogP contribution is -2.61. The van der Waals surface area contributed by atoms with Gasteiger partial charge in [-0.15, -0.1) is 9.24 Å². The van der Waals surface area contributed by atoms with E-state index in [1.54, 1.807) is 0 Å². The molecule has 6 aliphatic rings. The van der Waals surface area contributed by atoms with Gasteiger partial charge >= 0.3 is 0 Å². The minimum atomic E-state index is -0.0165. The van der Waals surface area contributed by atoms with Gasteiger partial charge in [-0.2, -0.15) is 0 Å². The normalized spacial score (nSPS) is 18.0. The Bertz CT molecular complexity index is 3920. The first-order chi connectivity index (χ1) is 41.6. The Morgan fingerprint density at radius 1 is 0.298 bits per heavy atom. The van der Waals surface area contributed by atoms with Gasteiger partial charge in [0.05, 0.1) is 22.1 Å². The molecule has 2 aromatic heterocycles. The molecule has 4 fully saturated rings. The van der Waals surface area contributed by atoms with Gasteiger partial charge in [0.15, 0.2) is 0 Å². The van der Waals surface area contributed by atoms with Gasteiger partial charge in [-0.1, -0.05) is 150 Å². The molecule has 416 valence electrons. The maximum atomic E-state index is 3.14. The average molecular weight is 1110 g/mol. The second-order valence-corrected chi connectivity index (χ2v) is 27.0. The summed E-state index contributed by atoms with van der Waals surface area (Å²) in [5.74, 6) is 2.58. The molecule has 0 bridgehead atoms. The number of fused-ring (bicyclic) bond motifs is 10. The van der Waals surface area contributed by atoms with E-state index in [1.807, 2.05) is 0 Å². The molecular formula is C78H76BN4P. The van der Waals surface area contributed by atoms with Crippen LogP contribution in [-0.2, 0) is 0 Å². The summed E-state index contributed by atoms with van der Waals surface area (Å²) in [4.78, 5) is 5.17. The first-order valence-corrected chi connectivity index (χ1v) is 33.2. The lowest BCUT2D eigenvalue weighted by molar-refractivity contribution is 0.444. The minimum Gasteiger partial charge on any atom is -0.311 e. The summed E-state index contributed by atoms with van der Waals surface area (Å²) >= 11 is 0. The van der Waals surface area contributed by atoms with Gasteiger partial charge < -0.3 is 18.9 Å². The zero-order valence-electron chi connectivity index (χ0n) is 48.7. The van der Waals surface area contributed by atoms with Crippen LogP contribution in [0.3, 0.4) is 0 Å². The first-order valence-electron chi connectivity index (χ1n) is 32.7. The lowest BCUT2D eigenvalue weighted by Gasteiger charge is -2.44. The van der Waals surface area contributed by atoms with Crippen LogP contribution in [0.25, 0.3) is 55.0 Å². The number of hydrogen-bond donors (Lipinski definition) is 0. The van der Waals surface area contributed by atoms with Gasteiger partial charge in [0.1, 0.15) is 0 Å². The van der Waals surface area contributed by atoms with Crippen LogP contribution < -0.4 is 31.5 Å². The number of para-hydroxylation sites is 2. The van der Waals surface area contributed by atoms with Crippen molar-refractivity contribution in [2.45, 2.75) is 152 Å². The van der Waals surface area contributed by atoms with Crippen molar-refractivity contribution in [1.82, 2.24) is 9.13 Å². The van der Waals surface area contributed by atoms with Crippen LogP contribution >= 0.6 is 9.24 Å². The molecule has 4 nitrogen and oxygen atoms in total. The molecule has 9 aromatic carbocycles. The Morgan fingerprint density at radius 2 is 0.619 bits per heavy atom. The molecule has 0 N–H and O–H groups in total. The van der Waals surface area contributed by atoms with Crippen molar-refractivity contribution in [2.24, 2.45) is 0 Å². The lowest BCUT2D eigenvalue weighted by atomic mass is 9.33. The van der Waals surface area contributed by atoms with Crippen LogP contribution in [0.5, 0.6) is 0 Å². The summed E-state index contributed by atoms with van der Waals surface area (Å²) in [5, 5.41) is 6.78. The molecule has 84 heavy (non-hydrogen) atoms. The van der Waals surface area contributed by atoms with E-state index >= 15 is 0 Å². The van der Waals surface area contributed by atoms with Crippen molar-refractivity contribution >= 4 is 115 Å². The van der Waals surface area contributed by atoms with E-state index in [2.05, 4.69) is 210 Å². The number of aromatic nitrogens is 2. The highest BCUT2D eigenvalue weighted by molar-refractivity contribution is 7.27. The van der Waals surface area contributed by atoms with E-state index in [9.17, 15) is 0 Å². The van der Waals surface area contributed by atoms with Crippen LogP contribution in [0.1, 0.15) is 174 Å². The molecule has 2 aliphatic heterocycles. The molecule has 0 saturated heterocycles. The topological polar surface area (TPSA) is 16.3 Å². The summed E-state index contributed by atoms with van der Waals surface area (Å²) in [6.07, 6.45) is 26.6. The summed E-state index contributed by atoms with van der Waals surface area (Å²) in [7, 11) is 3.14. The zero-order valence-corrected chi connectivity index (χ0v) is 49.9. The van der Waals surface area contributed by atoms with E-state index in [-0.39, 0.29) is 6.71 Å². The molecular weight excluding hydrogens is 1030 g/mol. The molecule has 0 amide bonds. The van der Waals surface area contributed by atoms with Crippen LogP contribution in [0.2, 0.25) is 0 Å². The minimum absolute atomic E-state index is 0.0165. The van der Waals surface area contributed by atoms with E-state index < -0.39 is 0 Å². The van der Waals surface area contributed by atoms with Crippen molar-refractivity contribution < 1.29 is 0 Å². The molecule has 4 saturated carbocycles. The maximum absolute atomic E-state index is 3.14. The van der Waals surface area contributed by atoms with Gasteiger partial charge in [0.2, 0.25) is 0 Å². The van der Waals surface area contributed by atoms with Gasteiger partial charge in [-0.05, 0) is 228 Å². The molecule has 0 spiro atoms. The van der Waals surface area contributed by atoms with E-state index in [1.165, 1.54) is 261 Å². The number of anilines is 6. The molecule has 6 heteroatoms. The fraction of sp³-hybridized carbons (Fsp3) is 0.308. The highest BCUT2D eigenvalue weighted by Crippen LogP contribution is 2.48. The second kappa shape index (κ2) is 21.0. The molecule has 4 heterocycles. The first kappa shape index (κ1) is 51.1. The predicted octanol–water partition coefficient (Wildman–Crippen LogP) is 19.7. The number of benzene rings is 9. The van der Waals surface area contributed by atoms with Gasteiger partial charge in [0, 0.05) is 67.0 Å². The fourth-order valence-corrected chi connectivity index (χ4v) is 17.7. The highest BCUT2D eigenvalue weighted by Gasteiger charge is 2.44. The average Bonchev–Trinajstić information content (AvgIpc) is 0.989. The van der Waals surface area contributed by atoms with Crippen molar-refractivity contribution in [2.75, 3.05) is 9.80 Å². The number of hydrogen-bond acceptors (Lipinski definition) is 2.